The molecule has 0 radical (unpaired) electrons. The number of rotatable bonds is 0. The Kier molecular flexibility index (Phi) is 1.77. The molecular weight excluding hydrogens is 263 g/mol. The number of nitrogens with zero attached hydrogens (tertiary/aromatic N) is 1. The zero-order valence-electron chi connectivity index (χ0n) is 6.13. The Morgan fingerprint density at radius 1 is 1.42 bits per heavy atom. The van der Waals surface area contributed by atoms with Crippen LogP contribution >= 0.6 is 22.6 Å². The average molecular weight is 268 g/mol. The zero-order chi connectivity index (χ0) is 8.55. The van der Waals surface area contributed by atoms with Crippen LogP contribution in [0, 0.1) is 14.9 Å². The molecule has 12 heavy (non-hydrogen) atoms. The Bertz CT molecular complexity index is 465. The number of benzene rings is 1. The standard InChI is InChI=1S/C9H5IN2/c10-8-5-12-9-3-6(4-11)1-2-7(8)9/h1-3,5,12H. The second-order valence-corrected chi connectivity index (χ2v) is 3.67. The van der Waals surface area contributed by atoms with Crippen LogP contribution in [-0.2, 0) is 0 Å². The fraction of sp³-hybridized carbons (Fsp3) is 0. The van der Waals surface area contributed by atoms with Gasteiger partial charge in [-0.25, -0.2) is 0 Å². The highest BCUT2D eigenvalue weighted by molar-refractivity contribution is 14.1. The largest absolute Gasteiger partial charge is 0.360 e. The monoisotopic (exact) mass is 268 g/mol. The quantitative estimate of drug-likeness (QED) is 0.733. The van der Waals surface area contributed by atoms with Gasteiger partial charge in [0.25, 0.3) is 0 Å². The summed E-state index contributed by atoms with van der Waals surface area (Å²) in [5, 5.41) is 9.81. The molecule has 2 nitrogen and oxygen atoms in total. The minimum absolute atomic E-state index is 0.695. The predicted molar refractivity (Wildman–Crippen MR) is 55.7 cm³/mol. The molecule has 0 saturated heterocycles. The van der Waals surface area contributed by atoms with Crippen molar-refractivity contribution in [2.24, 2.45) is 0 Å². The van der Waals surface area contributed by atoms with Crippen LogP contribution in [0.4, 0.5) is 0 Å². The summed E-state index contributed by atoms with van der Waals surface area (Å²) in [6, 6.07) is 7.76. The minimum atomic E-state index is 0.695. The van der Waals surface area contributed by atoms with Crippen molar-refractivity contribution in [3.05, 3.63) is 33.5 Å². The molecule has 0 fully saturated rings. The second kappa shape index (κ2) is 2.79. The third kappa shape index (κ3) is 1.08. The topological polar surface area (TPSA) is 39.6 Å². The van der Waals surface area contributed by atoms with Crippen molar-refractivity contribution in [1.29, 1.82) is 5.26 Å². The molecular formula is C9H5IN2. The molecule has 2 rings (SSSR count). The maximum absolute atomic E-state index is 8.64. The van der Waals surface area contributed by atoms with E-state index >= 15 is 0 Å². The number of halogens is 1. The zero-order valence-corrected chi connectivity index (χ0v) is 8.29. The summed E-state index contributed by atoms with van der Waals surface area (Å²) < 4.78 is 1.19. The molecule has 1 N–H and O–H groups in total. The van der Waals surface area contributed by atoms with Gasteiger partial charge in [-0.15, -0.1) is 0 Å². The van der Waals surface area contributed by atoms with Gasteiger partial charge < -0.3 is 4.98 Å². The SMILES string of the molecule is N#Cc1ccc2c(I)c[nH]c2c1. The Labute approximate surface area is 83.3 Å². The van der Waals surface area contributed by atoms with Gasteiger partial charge in [0.1, 0.15) is 0 Å². The van der Waals surface area contributed by atoms with E-state index in [0.717, 1.165) is 5.52 Å². The van der Waals surface area contributed by atoms with E-state index in [1.54, 1.807) is 0 Å². The molecule has 2 aromatic rings. The second-order valence-electron chi connectivity index (χ2n) is 2.51. The van der Waals surface area contributed by atoms with Gasteiger partial charge in [-0.3, -0.25) is 0 Å². The fourth-order valence-corrected chi connectivity index (χ4v) is 1.79. The summed E-state index contributed by atoms with van der Waals surface area (Å²) >= 11 is 2.26. The Hall–Kier alpha value is -1.02. The maximum Gasteiger partial charge on any atom is 0.0992 e. The van der Waals surface area contributed by atoms with Crippen LogP contribution in [0.25, 0.3) is 10.9 Å². The molecule has 58 valence electrons. The Morgan fingerprint density at radius 3 is 3.00 bits per heavy atom. The highest BCUT2D eigenvalue weighted by Gasteiger charge is 2.00. The lowest BCUT2D eigenvalue weighted by molar-refractivity contribution is 1.45. The molecule has 0 spiro atoms. The molecule has 0 aliphatic rings. The number of fused-ring (bicyclic) bond motifs is 1. The molecule has 0 unspecified atom stereocenters. The summed E-state index contributed by atoms with van der Waals surface area (Å²) in [6.07, 6.45) is 1.94. The Balaban J connectivity index is 2.80. The van der Waals surface area contributed by atoms with Crippen molar-refractivity contribution in [2.45, 2.75) is 0 Å². The average Bonchev–Trinajstić information content (AvgIpc) is 2.47. The first-order chi connectivity index (χ1) is 5.81. The van der Waals surface area contributed by atoms with Crippen LogP contribution in [0.3, 0.4) is 0 Å². The molecule has 1 heterocycles. The van der Waals surface area contributed by atoms with Gasteiger partial charge in [-0.1, -0.05) is 6.07 Å². The third-order valence-corrected chi connectivity index (χ3v) is 2.65. The molecule has 1 aromatic carbocycles. The van der Waals surface area contributed by atoms with Gasteiger partial charge in [0.2, 0.25) is 0 Å². The van der Waals surface area contributed by atoms with E-state index in [2.05, 4.69) is 33.6 Å². The van der Waals surface area contributed by atoms with Crippen LogP contribution in [0.15, 0.2) is 24.4 Å². The number of hydrogen-bond donors (Lipinski definition) is 1. The summed E-state index contributed by atoms with van der Waals surface area (Å²) in [6.45, 7) is 0. The van der Waals surface area contributed by atoms with Crippen molar-refractivity contribution in [1.82, 2.24) is 4.98 Å². The molecule has 1 aromatic heterocycles. The van der Waals surface area contributed by atoms with Crippen LogP contribution < -0.4 is 0 Å². The van der Waals surface area contributed by atoms with E-state index in [4.69, 9.17) is 5.26 Å². The van der Waals surface area contributed by atoms with Gasteiger partial charge >= 0.3 is 0 Å². The summed E-state index contributed by atoms with van der Waals surface area (Å²) in [7, 11) is 0. The highest BCUT2D eigenvalue weighted by atomic mass is 127. The fourth-order valence-electron chi connectivity index (χ4n) is 1.16. The lowest BCUT2D eigenvalue weighted by Crippen LogP contribution is -1.73. The lowest BCUT2D eigenvalue weighted by Gasteiger charge is -1.90. The molecule has 0 saturated carbocycles. The van der Waals surface area contributed by atoms with E-state index < -0.39 is 0 Å². The number of nitriles is 1. The summed E-state index contributed by atoms with van der Waals surface area (Å²) in [5.74, 6) is 0. The number of aromatic nitrogens is 1. The van der Waals surface area contributed by atoms with E-state index in [0.29, 0.717) is 5.56 Å². The van der Waals surface area contributed by atoms with Crippen molar-refractivity contribution in [3.8, 4) is 6.07 Å². The van der Waals surface area contributed by atoms with Crippen LogP contribution in [0.1, 0.15) is 5.56 Å². The molecule has 0 aliphatic heterocycles. The van der Waals surface area contributed by atoms with E-state index in [1.807, 2.05) is 24.4 Å². The summed E-state index contributed by atoms with van der Waals surface area (Å²) in [4.78, 5) is 3.10. The normalized spacial score (nSPS) is 10.0. The maximum atomic E-state index is 8.64. The number of H-pyrrole nitrogens is 1. The van der Waals surface area contributed by atoms with Gasteiger partial charge in [0, 0.05) is 20.7 Å². The molecule has 0 atom stereocenters. The first-order valence-corrected chi connectivity index (χ1v) is 4.56. The first-order valence-electron chi connectivity index (χ1n) is 3.48. The van der Waals surface area contributed by atoms with Gasteiger partial charge in [-0.05, 0) is 34.7 Å². The van der Waals surface area contributed by atoms with Crippen LogP contribution in [0.5, 0.6) is 0 Å². The number of hydrogen-bond acceptors (Lipinski definition) is 1. The van der Waals surface area contributed by atoms with Gasteiger partial charge in [0.15, 0.2) is 0 Å². The van der Waals surface area contributed by atoms with E-state index in [1.165, 1.54) is 8.96 Å². The van der Waals surface area contributed by atoms with Crippen molar-refractivity contribution in [2.75, 3.05) is 0 Å². The van der Waals surface area contributed by atoms with Crippen molar-refractivity contribution >= 4 is 33.5 Å². The molecule has 0 amide bonds. The van der Waals surface area contributed by atoms with Gasteiger partial charge in [-0.2, -0.15) is 5.26 Å². The van der Waals surface area contributed by atoms with Crippen molar-refractivity contribution < 1.29 is 0 Å². The molecule has 3 heteroatoms. The molecule has 0 bridgehead atoms. The van der Waals surface area contributed by atoms with Crippen LogP contribution in [0.2, 0.25) is 0 Å². The van der Waals surface area contributed by atoms with E-state index in [-0.39, 0.29) is 0 Å². The van der Waals surface area contributed by atoms with Crippen molar-refractivity contribution in [3.63, 3.8) is 0 Å². The van der Waals surface area contributed by atoms with Crippen LogP contribution in [-0.4, -0.2) is 4.98 Å². The smallest absolute Gasteiger partial charge is 0.0992 e. The first kappa shape index (κ1) is 7.62. The predicted octanol–water partition coefficient (Wildman–Crippen LogP) is 2.64. The highest BCUT2D eigenvalue weighted by Crippen LogP contribution is 2.20. The van der Waals surface area contributed by atoms with Gasteiger partial charge in [0.05, 0.1) is 11.6 Å². The number of aromatic amines is 1. The number of nitrogens with one attached hydrogen (secondary N) is 1. The third-order valence-electron chi connectivity index (χ3n) is 1.76. The van der Waals surface area contributed by atoms with E-state index in [9.17, 15) is 0 Å². The summed E-state index contributed by atoms with van der Waals surface area (Å²) in [5.41, 5.74) is 1.72. The lowest BCUT2D eigenvalue weighted by atomic mass is 10.2. The molecule has 0 aliphatic carbocycles. The minimum Gasteiger partial charge on any atom is -0.360 e. The Morgan fingerprint density at radius 2 is 2.25 bits per heavy atom.